The van der Waals surface area contributed by atoms with Gasteiger partial charge in [0.2, 0.25) is 0 Å². The first-order valence-corrected chi connectivity index (χ1v) is 10.7. The van der Waals surface area contributed by atoms with Gasteiger partial charge in [-0.3, -0.25) is 0 Å². The van der Waals surface area contributed by atoms with Gasteiger partial charge in [0.25, 0.3) is 10.0 Å². The van der Waals surface area contributed by atoms with E-state index in [2.05, 4.69) is 13.0 Å². The molecule has 0 spiro atoms. The van der Waals surface area contributed by atoms with Gasteiger partial charge in [-0.25, -0.2) is 8.42 Å². The summed E-state index contributed by atoms with van der Waals surface area (Å²) in [6, 6.07) is 13.5. The molecule has 1 aromatic heterocycles. The first-order chi connectivity index (χ1) is 11.6. The molecule has 1 fully saturated rings. The maximum absolute atomic E-state index is 13.0. The van der Waals surface area contributed by atoms with E-state index in [9.17, 15) is 8.42 Å². The fourth-order valence-electron chi connectivity index (χ4n) is 3.19. The Morgan fingerprint density at radius 2 is 1.96 bits per heavy atom. The predicted molar refractivity (Wildman–Crippen MR) is 100 cm³/mol. The Kier molecular flexibility index (Phi) is 5.54. The predicted octanol–water partition coefficient (Wildman–Crippen LogP) is 4.64. The van der Waals surface area contributed by atoms with Crippen molar-refractivity contribution in [3.63, 3.8) is 0 Å². The minimum atomic E-state index is -3.42. The molecule has 0 radical (unpaired) electrons. The molecule has 2 unspecified atom stereocenters. The van der Waals surface area contributed by atoms with Gasteiger partial charge in [0.15, 0.2) is 0 Å². The van der Waals surface area contributed by atoms with Crippen LogP contribution in [0.15, 0.2) is 58.1 Å². The molecule has 2 atom stereocenters. The fourth-order valence-corrected chi connectivity index (χ4v) is 5.95. The Morgan fingerprint density at radius 1 is 1.17 bits per heavy atom. The second kappa shape index (κ2) is 7.64. The zero-order valence-corrected chi connectivity index (χ0v) is 15.5. The Balaban J connectivity index is 1.91. The summed E-state index contributed by atoms with van der Waals surface area (Å²) in [5.74, 6) is 0.527. The number of sulfonamides is 1. The zero-order chi connectivity index (χ0) is 17.0. The maximum atomic E-state index is 13.0. The number of hydrogen-bond acceptors (Lipinski definition) is 3. The van der Waals surface area contributed by atoms with E-state index in [4.69, 9.17) is 0 Å². The average Bonchev–Trinajstić information content (AvgIpc) is 3.05. The standard InChI is InChI=1S/C19H23NO2S2/c1-16-7-5-13-20(24(21,22)19-10-6-14-23-19)18(15-16)12-11-17-8-3-2-4-9-17/h2-4,6,8-12,14,16,18H,5,7,13,15H2,1H3/b12-11+. The summed E-state index contributed by atoms with van der Waals surface area (Å²) in [5.41, 5.74) is 1.10. The lowest BCUT2D eigenvalue weighted by atomic mass is 9.99. The van der Waals surface area contributed by atoms with Crippen LogP contribution >= 0.6 is 11.3 Å². The number of hydrogen-bond donors (Lipinski definition) is 0. The molecule has 1 aliphatic heterocycles. The summed E-state index contributed by atoms with van der Waals surface area (Å²) in [7, 11) is -3.42. The molecular formula is C19H23NO2S2. The van der Waals surface area contributed by atoms with E-state index in [1.807, 2.05) is 41.8 Å². The second-order valence-electron chi connectivity index (χ2n) is 6.37. The lowest BCUT2D eigenvalue weighted by Crippen LogP contribution is -2.38. The summed E-state index contributed by atoms with van der Waals surface area (Å²) in [6.07, 6.45) is 6.96. The van der Waals surface area contributed by atoms with E-state index in [1.54, 1.807) is 16.4 Å². The first kappa shape index (κ1) is 17.4. The van der Waals surface area contributed by atoms with Crippen LogP contribution < -0.4 is 0 Å². The molecule has 1 aromatic carbocycles. The van der Waals surface area contributed by atoms with Crippen molar-refractivity contribution < 1.29 is 8.42 Å². The van der Waals surface area contributed by atoms with Crippen molar-refractivity contribution in [2.45, 2.75) is 36.4 Å². The molecule has 24 heavy (non-hydrogen) atoms. The molecule has 2 aromatic rings. The van der Waals surface area contributed by atoms with E-state index in [0.29, 0.717) is 16.7 Å². The maximum Gasteiger partial charge on any atom is 0.253 e. The fraction of sp³-hybridized carbons (Fsp3) is 0.368. The molecule has 0 aliphatic carbocycles. The van der Waals surface area contributed by atoms with Gasteiger partial charge >= 0.3 is 0 Å². The number of rotatable bonds is 4. The Hall–Kier alpha value is -1.43. The van der Waals surface area contributed by atoms with Crippen LogP contribution in [0.2, 0.25) is 0 Å². The Labute approximate surface area is 148 Å². The van der Waals surface area contributed by atoms with Crippen LogP contribution in [0.4, 0.5) is 0 Å². The first-order valence-electron chi connectivity index (χ1n) is 8.36. The molecule has 0 N–H and O–H groups in total. The minimum absolute atomic E-state index is 0.0881. The highest BCUT2D eigenvalue weighted by atomic mass is 32.2. The molecule has 128 valence electrons. The van der Waals surface area contributed by atoms with Gasteiger partial charge < -0.3 is 0 Å². The highest BCUT2D eigenvalue weighted by Gasteiger charge is 2.33. The summed E-state index contributed by atoms with van der Waals surface area (Å²) in [6.45, 7) is 2.80. The molecule has 3 rings (SSSR count). The molecule has 3 nitrogen and oxygen atoms in total. The van der Waals surface area contributed by atoms with Crippen molar-refractivity contribution >= 4 is 27.4 Å². The zero-order valence-electron chi connectivity index (χ0n) is 13.8. The number of thiophene rings is 1. The quantitative estimate of drug-likeness (QED) is 0.795. The minimum Gasteiger partial charge on any atom is -0.206 e. The summed E-state index contributed by atoms with van der Waals surface area (Å²) in [5, 5.41) is 1.82. The van der Waals surface area contributed by atoms with Gasteiger partial charge in [0.1, 0.15) is 4.21 Å². The van der Waals surface area contributed by atoms with E-state index < -0.39 is 10.0 Å². The third-order valence-electron chi connectivity index (χ3n) is 4.46. The largest absolute Gasteiger partial charge is 0.253 e. The molecule has 0 amide bonds. The summed E-state index contributed by atoms with van der Waals surface area (Å²) in [4.78, 5) is 0. The van der Waals surface area contributed by atoms with Crippen molar-refractivity contribution in [1.29, 1.82) is 0 Å². The monoisotopic (exact) mass is 361 g/mol. The molecular weight excluding hydrogens is 338 g/mol. The van der Waals surface area contributed by atoms with Gasteiger partial charge in [-0.15, -0.1) is 11.3 Å². The molecule has 2 heterocycles. The van der Waals surface area contributed by atoms with Gasteiger partial charge in [-0.1, -0.05) is 55.5 Å². The number of benzene rings is 1. The third-order valence-corrected chi connectivity index (χ3v) is 7.76. The van der Waals surface area contributed by atoms with Crippen LogP contribution in [0.5, 0.6) is 0 Å². The number of nitrogens with zero attached hydrogens (tertiary/aromatic N) is 1. The smallest absolute Gasteiger partial charge is 0.206 e. The van der Waals surface area contributed by atoms with Crippen LogP contribution in [0.3, 0.4) is 0 Å². The summed E-state index contributed by atoms with van der Waals surface area (Å²) >= 11 is 1.29. The highest BCUT2D eigenvalue weighted by Crippen LogP contribution is 2.30. The Morgan fingerprint density at radius 3 is 2.67 bits per heavy atom. The second-order valence-corrected chi connectivity index (χ2v) is 9.43. The highest BCUT2D eigenvalue weighted by molar-refractivity contribution is 7.91. The lowest BCUT2D eigenvalue weighted by Gasteiger charge is -2.27. The average molecular weight is 362 g/mol. The van der Waals surface area contributed by atoms with E-state index in [-0.39, 0.29) is 6.04 Å². The van der Waals surface area contributed by atoms with Crippen LogP contribution in [-0.4, -0.2) is 25.3 Å². The van der Waals surface area contributed by atoms with Crippen LogP contribution in [0.1, 0.15) is 31.7 Å². The van der Waals surface area contributed by atoms with Gasteiger partial charge in [-0.2, -0.15) is 4.31 Å². The Bertz CT molecular complexity index is 767. The molecule has 5 heteroatoms. The van der Waals surface area contributed by atoms with Crippen molar-refractivity contribution in [2.24, 2.45) is 5.92 Å². The normalized spacial score (nSPS) is 23.4. The molecule has 1 saturated heterocycles. The SMILES string of the molecule is CC1CCCN(S(=O)(=O)c2cccs2)C(/C=C/c2ccccc2)C1. The van der Waals surface area contributed by atoms with Gasteiger partial charge in [-0.05, 0) is 42.2 Å². The topological polar surface area (TPSA) is 37.4 Å². The van der Waals surface area contributed by atoms with Crippen LogP contribution in [-0.2, 0) is 10.0 Å². The van der Waals surface area contributed by atoms with Crippen molar-refractivity contribution in [3.8, 4) is 0 Å². The van der Waals surface area contributed by atoms with E-state index in [1.165, 1.54) is 11.3 Å². The molecule has 0 saturated carbocycles. The lowest BCUT2D eigenvalue weighted by molar-refractivity contribution is 0.357. The van der Waals surface area contributed by atoms with Crippen molar-refractivity contribution in [1.82, 2.24) is 4.31 Å². The van der Waals surface area contributed by atoms with Crippen LogP contribution in [0, 0.1) is 5.92 Å². The van der Waals surface area contributed by atoms with E-state index in [0.717, 1.165) is 24.8 Å². The van der Waals surface area contributed by atoms with Crippen LogP contribution in [0.25, 0.3) is 6.08 Å². The van der Waals surface area contributed by atoms with E-state index >= 15 is 0 Å². The third kappa shape index (κ3) is 3.97. The summed E-state index contributed by atoms with van der Waals surface area (Å²) < 4.78 is 28.2. The van der Waals surface area contributed by atoms with Gasteiger partial charge in [0, 0.05) is 12.6 Å². The van der Waals surface area contributed by atoms with Crippen molar-refractivity contribution in [2.75, 3.05) is 6.54 Å². The molecule has 0 bridgehead atoms. The van der Waals surface area contributed by atoms with Crippen molar-refractivity contribution in [3.05, 3.63) is 59.5 Å². The van der Waals surface area contributed by atoms with Gasteiger partial charge in [0.05, 0.1) is 0 Å². The molecule has 1 aliphatic rings.